The Kier molecular flexibility index (Phi) is 14.9. The Balaban J connectivity index is 1.41. The van der Waals surface area contributed by atoms with Crippen LogP contribution in [0.1, 0.15) is 157 Å². The van der Waals surface area contributed by atoms with Gasteiger partial charge in [-0.2, -0.15) is 0 Å². The van der Waals surface area contributed by atoms with Crippen LogP contribution in [0.2, 0.25) is 0 Å². The Bertz CT molecular complexity index is 2290. The van der Waals surface area contributed by atoms with E-state index >= 15 is 0 Å². The van der Waals surface area contributed by atoms with Crippen LogP contribution in [0, 0.1) is 20.8 Å². The number of rotatable bonds is 21. The number of unbranched alkanes of at least 4 members (excludes halogenated alkanes) is 10. The largest absolute Gasteiger partial charge is 0.310 e. The molecule has 1 aliphatic rings. The van der Waals surface area contributed by atoms with Gasteiger partial charge in [-0.25, -0.2) is 0 Å². The molecule has 1 aliphatic carbocycles. The minimum absolute atomic E-state index is 0.0882. The first-order chi connectivity index (χ1) is 29.7. The Hall–Kier alpha value is -5.08. The van der Waals surface area contributed by atoms with Crippen molar-refractivity contribution in [2.24, 2.45) is 0 Å². The second kappa shape index (κ2) is 20.7. The number of hydrogen-bond acceptors (Lipinski definition) is 2. The average molecular weight is 809 g/mol. The SMILES string of the molecule is CCCCCCCCC1(CCCCCCCC)c2cc(N(c3cccc(C)c3)c3cccc(C)c3)ccc2-c2ccc(N(c3cccc(C)c3)c3cccc(C(C)C)c3)cc21. The van der Waals surface area contributed by atoms with Crippen LogP contribution >= 0.6 is 0 Å². The van der Waals surface area contributed by atoms with Gasteiger partial charge in [0.25, 0.3) is 0 Å². The molecule has 0 N–H and O–H groups in total. The van der Waals surface area contributed by atoms with Crippen LogP contribution in [-0.4, -0.2) is 0 Å². The van der Waals surface area contributed by atoms with Crippen LogP contribution in [0.25, 0.3) is 11.1 Å². The van der Waals surface area contributed by atoms with Crippen molar-refractivity contribution in [1.29, 1.82) is 0 Å². The molecule has 0 fully saturated rings. The lowest BCUT2D eigenvalue weighted by atomic mass is 9.70. The number of nitrogens with zero attached hydrogens (tertiary/aromatic N) is 2. The monoisotopic (exact) mass is 809 g/mol. The summed E-state index contributed by atoms with van der Waals surface area (Å²) in [5, 5.41) is 0. The smallest absolute Gasteiger partial charge is 0.0465 e. The van der Waals surface area contributed by atoms with E-state index in [1.54, 1.807) is 0 Å². The standard InChI is InChI=1S/C59H72N2/c1-8-10-12-14-16-18-36-59(37-19-17-15-13-11-9-2)57-42-53(60(49-28-20-24-45(5)38-49)50-29-21-25-46(6)39-50)32-34-55(57)56-35-33-54(43-58(56)59)61(51-30-22-26-47(7)40-51)52-31-23-27-48(41-52)44(3)4/h20-35,38-44H,8-19,36-37H2,1-7H3. The normalized spacial score (nSPS) is 12.7. The van der Waals surface area contributed by atoms with Crippen molar-refractivity contribution < 1.29 is 0 Å². The molecule has 0 atom stereocenters. The molecule has 0 aromatic heterocycles. The van der Waals surface area contributed by atoms with Crippen molar-refractivity contribution in [3.05, 3.63) is 167 Å². The highest BCUT2D eigenvalue weighted by Crippen LogP contribution is 2.57. The first-order valence-electron chi connectivity index (χ1n) is 23.9. The predicted molar refractivity (Wildman–Crippen MR) is 266 cm³/mol. The van der Waals surface area contributed by atoms with Gasteiger partial charge in [0.15, 0.2) is 0 Å². The zero-order valence-corrected chi connectivity index (χ0v) is 38.6. The third-order valence-corrected chi connectivity index (χ3v) is 13.3. The highest BCUT2D eigenvalue weighted by molar-refractivity contribution is 5.88. The van der Waals surface area contributed by atoms with E-state index in [0.29, 0.717) is 5.92 Å². The molecule has 2 nitrogen and oxygen atoms in total. The van der Waals surface area contributed by atoms with E-state index < -0.39 is 0 Å². The van der Waals surface area contributed by atoms with Crippen LogP contribution in [0.15, 0.2) is 133 Å². The van der Waals surface area contributed by atoms with Crippen molar-refractivity contribution >= 4 is 34.1 Å². The highest BCUT2D eigenvalue weighted by Gasteiger charge is 2.43. The molecule has 6 aromatic carbocycles. The van der Waals surface area contributed by atoms with Crippen LogP contribution in [0.4, 0.5) is 34.1 Å². The van der Waals surface area contributed by atoms with E-state index in [2.05, 4.69) is 192 Å². The second-order valence-corrected chi connectivity index (χ2v) is 18.5. The summed E-state index contributed by atoms with van der Waals surface area (Å²) >= 11 is 0. The van der Waals surface area contributed by atoms with E-state index in [1.807, 2.05) is 0 Å². The number of aryl methyl sites for hydroxylation is 3. The minimum atomic E-state index is -0.0882. The molecule has 0 heterocycles. The lowest BCUT2D eigenvalue weighted by molar-refractivity contribution is 0.398. The topological polar surface area (TPSA) is 6.48 Å². The zero-order valence-electron chi connectivity index (χ0n) is 38.6. The Labute approximate surface area is 370 Å². The van der Waals surface area contributed by atoms with Crippen LogP contribution < -0.4 is 9.80 Å². The van der Waals surface area contributed by atoms with Gasteiger partial charge in [-0.05, 0) is 157 Å². The molecule has 0 bridgehead atoms. The van der Waals surface area contributed by atoms with Gasteiger partial charge in [0.1, 0.15) is 0 Å². The summed E-state index contributed by atoms with van der Waals surface area (Å²) < 4.78 is 0. The summed E-state index contributed by atoms with van der Waals surface area (Å²) in [6.07, 6.45) is 18.0. The van der Waals surface area contributed by atoms with Crippen molar-refractivity contribution in [2.45, 2.75) is 150 Å². The molecule has 61 heavy (non-hydrogen) atoms. The van der Waals surface area contributed by atoms with Crippen molar-refractivity contribution in [3.8, 4) is 11.1 Å². The molecule has 0 saturated heterocycles. The second-order valence-electron chi connectivity index (χ2n) is 18.5. The first kappa shape index (κ1) is 44.0. The van der Waals surface area contributed by atoms with E-state index in [9.17, 15) is 0 Å². The summed E-state index contributed by atoms with van der Waals surface area (Å²) in [7, 11) is 0. The molecular weight excluding hydrogens is 737 g/mol. The quantitative estimate of drug-likeness (QED) is 0.0668. The zero-order chi connectivity index (χ0) is 42.8. The van der Waals surface area contributed by atoms with E-state index in [0.717, 1.165) is 0 Å². The third-order valence-electron chi connectivity index (χ3n) is 13.3. The predicted octanol–water partition coefficient (Wildman–Crippen LogP) is 18.4. The van der Waals surface area contributed by atoms with Gasteiger partial charge in [-0.3, -0.25) is 0 Å². The average Bonchev–Trinajstić information content (AvgIpc) is 3.52. The number of anilines is 6. The van der Waals surface area contributed by atoms with Gasteiger partial charge in [-0.15, -0.1) is 0 Å². The van der Waals surface area contributed by atoms with Crippen LogP contribution in [0.3, 0.4) is 0 Å². The fourth-order valence-electron chi connectivity index (χ4n) is 10.0. The highest BCUT2D eigenvalue weighted by atomic mass is 15.1. The fraction of sp³-hybridized carbons (Fsp3) is 0.390. The third kappa shape index (κ3) is 10.2. The number of fused-ring (bicyclic) bond motifs is 3. The molecule has 0 aliphatic heterocycles. The maximum Gasteiger partial charge on any atom is 0.0465 e. The van der Waals surface area contributed by atoms with Gasteiger partial charge in [-0.1, -0.05) is 165 Å². The summed E-state index contributed by atoms with van der Waals surface area (Å²) in [5.74, 6) is 0.449. The first-order valence-corrected chi connectivity index (χ1v) is 23.9. The van der Waals surface area contributed by atoms with Gasteiger partial charge in [0, 0.05) is 39.5 Å². The summed E-state index contributed by atoms with van der Waals surface area (Å²) in [5.41, 5.74) is 18.3. The van der Waals surface area contributed by atoms with E-state index in [4.69, 9.17) is 0 Å². The van der Waals surface area contributed by atoms with Gasteiger partial charge in [0.05, 0.1) is 0 Å². The number of hydrogen-bond donors (Lipinski definition) is 0. The molecule has 7 rings (SSSR count). The molecule has 0 amide bonds. The molecule has 0 saturated carbocycles. The fourth-order valence-corrected chi connectivity index (χ4v) is 10.0. The van der Waals surface area contributed by atoms with E-state index in [-0.39, 0.29) is 5.41 Å². The Morgan fingerprint density at radius 3 is 1.15 bits per heavy atom. The lowest BCUT2D eigenvalue weighted by Crippen LogP contribution is -2.26. The maximum atomic E-state index is 2.62. The van der Waals surface area contributed by atoms with Gasteiger partial charge in [0.2, 0.25) is 0 Å². The molecule has 0 spiro atoms. The molecule has 6 aromatic rings. The molecule has 0 radical (unpaired) electrons. The van der Waals surface area contributed by atoms with Gasteiger partial charge >= 0.3 is 0 Å². The number of benzene rings is 6. The summed E-state index contributed by atoms with van der Waals surface area (Å²) in [4.78, 5) is 5.02. The summed E-state index contributed by atoms with van der Waals surface area (Å²) in [6, 6.07) is 51.3. The van der Waals surface area contributed by atoms with Crippen LogP contribution in [-0.2, 0) is 5.41 Å². The maximum absolute atomic E-state index is 2.62. The molecular formula is C59H72N2. The minimum Gasteiger partial charge on any atom is -0.310 e. The summed E-state index contributed by atoms with van der Waals surface area (Å²) in [6.45, 7) is 15.9. The van der Waals surface area contributed by atoms with Gasteiger partial charge < -0.3 is 9.80 Å². The molecule has 0 unspecified atom stereocenters. The van der Waals surface area contributed by atoms with Crippen molar-refractivity contribution in [3.63, 3.8) is 0 Å². The Morgan fingerprint density at radius 1 is 0.393 bits per heavy atom. The molecule has 2 heteroatoms. The van der Waals surface area contributed by atoms with E-state index in [1.165, 1.54) is 169 Å². The van der Waals surface area contributed by atoms with Crippen LogP contribution in [0.5, 0.6) is 0 Å². The lowest BCUT2D eigenvalue weighted by Gasteiger charge is -2.35. The van der Waals surface area contributed by atoms with Crippen molar-refractivity contribution in [2.75, 3.05) is 9.80 Å². The Morgan fingerprint density at radius 2 is 0.754 bits per heavy atom. The molecule has 318 valence electrons. The van der Waals surface area contributed by atoms with Crippen molar-refractivity contribution in [1.82, 2.24) is 0 Å².